The smallest absolute Gasteiger partial charge is 0.249 e. The van der Waals surface area contributed by atoms with Crippen LogP contribution in [0.4, 0.5) is 5.69 Å². The second-order valence-corrected chi connectivity index (χ2v) is 9.39. The van der Waals surface area contributed by atoms with Crippen molar-refractivity contribution < 1.29 is 4.79 Å². The summed E-state index contributed by atoms with van der Waals surface area (Å²) in [5.74, 6) is 0.616. The van der Waals surface area contributed by atoms with Crippen molar-refractivity contribution in [2.75, 3.05) is 5.32 Å². The summed E-state index contributed by atoms with van der Waals surface area (Å²) in [4.78, 5) is 17.4. The molecule has 164 valence electrons. The van der Waals surface area contributed by atoms with Crippen molar-refractivity contribution >= 4 is 11.6 Å². The first kappa shape index (κ1) is 20.7. The summed E-state index contributed by atoms with van der Waals surface area (Å²) in [5.41, 5.74) is 12.1. The fraction of sp³-hybridized carbons (Fsp3) is 0.357. The largest absolute Gasteiger partial charge is 0.380 e. The number of anilines is 1. The fourth-order valence-electron chi connectivity index (χ4n) is 5.98. The lowest BCUT2D eigenvalue weighted by Gasteiger charge is -2.42. The number of nitrogens with two attached hydrogens (primary N) is 1. The van der Waals surface area contributed by atoms with Gasteiger partial charge in [0.1, 0.15) is 0 Å². The monoisotopic (exact) mass is 425 g/mol. The molecule has 2 aromatic carbocycles. The van der Waals surface area contributed by atoms with Gasteiger partial charge in [0.15, 0.2) is 0 Å². The van der Waals surface area contributed by atoms with E-state index in [0.717, 1.165) is 28.9 Å². The Morgan fingerprint density at radius 2 is 1.81 bits per heavy atom. The first-order chi connectivity index (χ1) is 15.6. The molecule has 1 saturated carbocycles. The molecule has 5 rings (SSSR count). The zero-order valence-corrected chi connectivity index (χ0v) is 18.6. The highest BCUT2D eigenvalue weighted by molar-refractivity contribution is 5.95. The minimum Gasteiger partial charge on any atom is -0.380 e. The summed E-state index contributed by atoms with van der Waals surface area (Å²) in [6, 6.07) is 20.9. The number of hydrogen-bond donors (Lipinski definition) is 2. The average molecular weight is 426 g/mol. The van der Waals surface area contributed by atoms with Gasteiger partial charge in [0, 0.05) is 23.7 Å². The number of benzene rings is 2. The van der Waals surface area contributed by atoms with Gasteiger partial charge in [-0.3, -0.25) is 9.78 Å². The van der Waals surface area contributed by atoms with Gasteiger partial charge < -0.3 is 11.1 Å². The van der Waals surface area contributed by atoms with Gasteiger partial charge >= 0.3 is 0 Å². The molecule has 32 heavy (non-hydrogen) atoms. The lowest BCUT2D eigenvalue weighted by molar-refractivity contribution is 0.0998. The van der Waals surface area contributed by atoms with Crippen molar-refractivity contribution in [1.29, 1.82) is 0 Å². The topological polar surface area (TPSA) is 68.0 Å². The number of hydrogen-bond acceptors (Lipinski definition) is 3. The standard InChI is InChI=1S/C28H31N3O/c1-18-24(27-23(15-8-16-30-27)31-26(18)20-11-5-6-12-20)25-21(13-7-14-22(25)28(29)32)17-19-9-3-2-4-10-19/h2-4,7-10,13-16,18,20,24,26,31H,5-6,11-12,17H2,1H3,(H2,29,32)/t18-,24+,26+/m0/s1. The van der Waals surface area contributed by atoms with Crippen LogP contribution in [0.2, 0.25) is 0 Å². The maximum absolute atomic E-state index is 12.6. The third kappa shape index (κ3) is 3.79. The van der Waals surface area contributed by atoms with E-state index < -0.39 is 0 Å². The molecule has 0 spiro atoms. The molecule has 0 radical (unpaired) electrons. The number of fused-ring (bicyclic) bond motifs is 1. The van der Waals surface area contributed by atoms with Crippen molar-refractivity contribution in [2.45, 2.75) is 51.0 Å². The van der Waals surface area contributed by atoms with Crippen molar-refractivity contribution in [3.8, 4) is 0 Å². The molecule has 1 aromatic heterocycles. The molecular weight excluding hydrogens is 394 g/mol. The average Bonchev–Trinajstić information content (AvgIpc) is 3.34. The van der Waals surface area contributed by atoms with Crippen molar-refractivity contribution in [1.82, 2.24) is 4.98 Å². The van der Waals surface area contributed by atoms with Gasteiger partial charge in [-0.2, -0.15) is 0 Å². The highest BCUT2D eigenvalue weighted by Crippen LogP contribution is 2.47. The normalized spacial score (nSPS) is 22.8. The van der Waals surface area contributed by atoms with Crippen LogP contribution in [0.15, 0.2) is 66.9 Å². The van der Waals surface area contributed by atoms with Crippen LogP contribution in [0.25, 0.3) is 0 Å². The summed E-state index contributed by atoms with van der Waals surface area (Å²) in [7, 11) is 0. The van der Waals surface area contributed by atoms with Crippen molar-refractivity contribution in [3.63, 3.8) is 0 Å². The third-order valence-electron chi connectivity index (χ3n) is 7.47. The number of pyridine rings is 1. The van der Waals surface area contributed by atoms with Crippen LogP contribution in [-0.2, 0) is 6.42 Å². The number of nitrogens with zero attached hydrogens (tertiary/aromatic N) is 1. The molecule has 1 fully saturated rings. The Hall–Kier alpha value is -3.14. The van der Waals surface area contributed by atoms with Gasteiger partial charge in [0.25, 0.3) is 0 Å². The predicted molar refractivity (Wildman–Crippen MR) is 129 cm³/mol. The van der Waals surface area contributed by atoms with Gasteiger partial charge in [0.05, 0.1) is 11.4 Å². The van der Waals surface area contributed by atoms with Crippen LogP contribution in [0.3, 0.4) is 0 Å². The molecule has 3 aromatic rings. The Morgan fingerprint density at radius 1 is 1.03 bits per heavy atom. The van der Waals surface area contributed by atoms with Gasteiger partial charge in [-0.05, 0) is 66.0 Å². The lowest BCUT2D eigenvalue weighted by Crippen LogP contribution is -2.42. The molecule has 3 atom stereocenters. The Kier molecular flexibility index (Phi) is 5.69. The Morgan fingerprint density at radius 3 is 2.56 bits per heavy atom. The Balaban J connectivity index is 1.67. The zero-order valence-electron chi connectivity index (χ0n) is 18.6. The summed E-state index contributed by atoms with van der Waals surface area (Å²) in [6.07, 6.45) is 7.76. The van der Waals surface area contributed by atoms with E-state index in [-0.39, 0.29) is 11.8 Å². The number of carbonyl (C=O) groups is 1. The molecular formula is C28H31N3O. The van der Waals surface area contributed by atoms with Crippen LogP contribution in [-0.4, -0.2) is 16.9 Å². The maximum Gasteiger partial charge on any atom is 0.249 e. The van der Waals surface area contributed by atoms with Gasteiger partial charge in [-0.15, -0.1) is 0 Å². The second kappa shape index (κ2) is 8.78. The van der Waals surface area contributed by atoms with Crippen molar-refractivity contribution in [3.05, 3.63) is 94.8 Å². The summed E-state index contributed by atoms with van der Waals surface area (Å²) in [5, 5.41) is 3.83. The van der Waals surface area contributed by atoms with Crippen LogP contribution >= 0.6 is 0 Å². The minimum absolute atomic E-state index is 0.0282. The van der Waals surface area contributed by atoms with E-state index in [9.17, 15) is 4.79 Å². The number of carbonyl (C=O) groups excluding carboxylic acids is 1. The van der Waals surface area contributed by atoms with Crippen LogP contribution in [0.1, 0.15) is 71.3 Å². The second-order valence-electron chi connectivity index (χ2n) is 9.39. The molecule has 3 N–H and O–H groups in total. The van der Waals surface area contributed by atoms with Crippen LogP contribution in [0.5, 0.6) is 0 Å². The first-order valence-corrected chi connectivity index (χ1v) is 11.8. The highest BCUT2D eigenvalue weighted by atomic mass is 16.1. The molecule has 0 unspecified atom stereocenters. The molecule has 0 bridgehead atoms. The van der Waals surface area contributed by atoms with E-state index in [1.165, 1.54) is 31.2 Å². The molecule has 2 heterocycles. The van der Waals surface area contributed by atoms with Crippen molar-refractivity contribution in [2.24, 2.45) is 17.6 Å². The van der Waals surface area contributed by atoms with Gasteiger partial charge in [-0.1, -0.05) is 62.2 Å². The summed E-state index contributed by atoms with van der Waals surface area (Å²) < 4.78 is 0. The van der Waals surface area contributed by atoms with E-state index in [2.05, 4.69) is 48.6 Å². The quantitative estimate of drug-likeness (QED) is 0.565. The fourth-order valence-corrected chi connectivity index (χ4v) is 5.98. The first-order valence-electron chi connectivity index (χ1n) is 11.8. The van der Waals surface area contributed by atoms with E-state index in [4.69, 9.17) is 10.7 Å². The number of primary amides is 1. The minimum atomic E-state index is -0.365. The zero-order chi connectivity index (χ0) is 22.1. The van der Waals surface area contributed by atoms with Crippen LogP contribution in [0, 0.1) is 11.8 Å². The molecule has 2 aliphatic rings. The lowest BCUT2D eigenvalue weighted by atomic mass is 9.70. The SMILES string of the molecule is C[C@H]1[C@H](c2c(Cc3ccccc3)cccc2C(N)=O)c2ncccc2N[C@H]1C1CCCC1. The molecule has 1 aliphatic carbocycles. The number of nitrogens with one attached hydrogen (secondary N) is 1. The van der Waals surface area contributed by atoms with E-state index in [0.29, 0.717) is 23.4 Å². The Labute approximate surface area is 190 Å². The predicted octanol–water partition coefficient (Wildman–Crippen LogP) is 5.52. The molecule has 4 nitrogen and oxygen atoms in total. The van der Waals surface area contributed by atoms with Crippen LogP contribution < -0.4 is 11.1 Å². The number of rotatable bonds is 5. The van der Waals surface area contributed by atoms with E-state index in [1.807, 2.05) is 30.5 Å². The molecule has 4 heteroatoms. The Bertz CT molecular complexity index is 1100. The summed E-state index contributed by atoms with van der Waals surface area (Å²) >= 11 is 0. The maximum atomic E-state index is 12.6. The third-order valence-corrected chi connectivity index (χ3v) is 7.47. The number of amides is 1. The van der Waals surface area contributed by atoms with E-state index in [1.54, 1.807) is 0 Å². The highest BCUT2D eigenvalue weighted by Gasteiger charge is 2.41. The molecule has 1 aliphatic heterocycles. The number of aromatic nitrogens is 1. The van der Waals surface area contributed by atoms with Gasteiger partial charge in [-0.25, -0.2) is 0 Å². The molecule has 1 amide bonds. The molecule has 0 saturated heterocycles. The van der Waals surface area contributed by atoms with E-state index >= 15 is 0 Å². The summed E-state index contributed by atoms with van der Waals surface area (Å²) in [6.45, 7) is 2.32. The van der Waals surface area contributed by atoms with Gasteiger partial charge in [0.2, 0.25) is 5.91 Å².